The van der Waals surface area contributed by atoms with Gasteiger partial charge in [0, 0.05) is 12.4 Å². The van der Waals surface area contributed by atoms with E-state index >= 15 is 0 Å². The molecule has 0 atom stereocenters. The lowest BCUT2D eigenvalue weighted by atomic mass is 10.2. The summed E-state index contributed by atoms with van der Waals surface area (Å²) < 4.78 is 0. The van der Waals surface area contributed by atoms with Crippen molar-refractivity contribution in [2.45, 2.75) is 6.92 Å². The van der Waals surface area contributed by atoms with Gasteiger partial charge in [0.1, 0.15) is 5.52 Å². The molecular weight excluding hydrogens is 166 g/mol. The van der Waals surface area contributed by atoms with Crippen molar-refractivity contribution >= 4 is 16.9 Å². The fourth-order valence-electron chi connectivity index (χ4n) is 1.35. The Bertz CT molecular complexity index is 473. The van der Waals surface area contributed by atoms with Crippen LogP contribution in [0.25, 0.3) is 11.0 Å². The number of nitrogens with zero attached hydrogens (tertiary/aromatic N) is 1. The summed E-state index contributed by atoms with van der Waals surface area (Å²) in [6.45, 7) is 1.95. The van der Waals surface area contributed by atoms with E-state index in [4.69, 9.17) is 5.73 Å². The molecule has 13 heavy (non-hydrogen) atoms. The molecule has 2 rings (SSSR count). The molecule has 4 heteroatoms. The van der Waals surface area contributed by atoms with Gasteiger partial charge in [0.05, 0.1) is 11.1 Å². The first-order valence-electron chi connectivity index (χ1n) is 3.92. The summed E-state index contributed by atoms with van der Waals surface area (Å²) >= 11 is 0. The van der Waals surface area contributed by atoms with Crippen LogP contribution in [0.5, 0.6) is 0 Å². The highest BCUT2D eigenvalue weighted by Crippen LogP contribution is 2.17. The number of hydrogen-bond donors (Lipinski definition) is 2. The summed E-state index contributed by atoms with van der Waals surface area (Å²) in [4.78, 5) is 18.0. The zero-order chi connectivity index (χ0) is 9.42. The lowest BCUT2D eigenvalue weighted by Crippen LogP contribution is -2.10. The van der Waals surface area contributed by atoms with Crippen LogP contribution in [-0.4, -0.2) is 15.9 Å². The predicted octanol–water partition coefficient (Wildman–Crippen LogP) is 0.970. The Morgan fingerprint density at radius 3 is 3.08 bits per heavy atom. The van der Waals surface area contributed by atoms with Gasteiger partial charge in [0.15, 0.2) is 0 Å². The van der Waals surface area contributed by atoms with Crippen LogP contribution >= 0.6 is 0 Å². The molecule has 66 valence electrons. The molecule has 2 aromatic rings. The predicted molar refractivity (Wildman–Crippen MR) is 49.3 cm³/mol. The van der Waals surface area contributed by atoms with E-state index in [0.29, 0.717) is 11.1 Å². The summed E-state index contributed by atoms with van der Waals surface area (Å²) in [7, 11) is 0. The molecule has 0 aromatic carbocycles. The second kappa shape index (κ2) is 2.58. The zero-order valence-electron chi connectivity index (χ0n) is 7.16. The molecule has 0 bridgehead atoms. The van der Waals surface area contributed by atoms with Gasteiger partial charge in [0.25, 0.3) is 5.91 Å². The summed E-state index contributed by atoms with van der Waals surface area (Å²) in [5, 5.41) is 0. The number of aryl methyl sites for hydroxylation is 1. The maximum Gasteiger partial charge on any atom is 0.252 e. The minimum Gasteiger partial charge on any atom is -0.365 e. The van der Waals surface area contributed by atoms with Gasteiger partial charge < -0.3 is 10.7 Å². The van der Waals surface area contributed by atoms with Crippen molar-refractivity contribution in [1.82, 2.24) is 9.97 Å². The summed E-state index contributed by atoms with van der Waals surface area (Å²) in [5.74, 6) is -0.454. The van der Waals surface area contributed by atoms with E-state index in [1.807, 2.05) is 13.0 Å². The standard InChI is InChI=1S/C9H9N3O/c1-5-2-3-11-8-6(9(10)13)4-12-7(5)8/h2-4,12H,1H3,(H2,10,13). The molecule has 0 spiro atoms. The number of aromatic amines is 1. The molecule has 0 saturated carbocycles. The van der Waals surface area contributed by atoms with Crippen molar-refractivity contribution in [3.05, 3.63) is 29.6 Å². The number of hydrogen-bond acceptors (Lipinski definition) is 2. The van der Waals surface area contributed by atoms with Crippen LogP contribution in [0.1, 0.15) is 15.9 Å². The fraction of sp³-hybridized carbons (Fsp3) is 0.111. The Hall–Kier alpha value is -1.84. The molecule has 4 nitrogen and oxygen atoms in total. The number of carbonyl (C=O) groups excluding carboxylic acids is 1. The number of aromatic nitrogens is 2. The third kappa shape index (κ3) is 1.07. The minimum atomic E-state index is -0.454. The van der Waals surface area contributed by atoms with Crippen LogP contribution in [0.4, 0.5) is 0 Å². The van der Waals surface area contributed by atoms with Crippen molar-refractivity contribution in [3.8, 4) is 0 Å². The number of H-pyrrole nitrogens is 1. The number of rotatable bonds is 1. The fourth-order valence-corrected chi connectivity index (χ4v) is 1.35. The molecule has 0 aliphatic heterocycles. The van der Waals surface area contributed by atoms with E-state index in [1.165, 1.54) is 0 Å². The topological polar surface area (TPSA) is 71.8 Å². The Balaban J connectivity index is 2.83. The van der Waals surface area contributed by atoms with Gasteiger partial charge in [-0.15, -0.1) is 0 Å². The second-order valence-corrected chi connectivity index (χ2v) is 2.92. The van der Waals surface area contributed by atoms with E-state index in [9.17, 15) is 4.79 Å². The zero-order valence-corrected chi connectivity index (χ0v) is 7.16. The number of nitrogens with one attached hydrogen (secondary N) is 1. The highest BCUT2D eigenvalue weighted by molar-refractivity contribution is 6.04. The van der Waals surface area contributed by atoms with E-state index in [0.717, 1.165) is 11.1 Å². The number of nitrogens with two attached hydrogens (primary N) is 1. The lowest BCUT2D eigenvalue weighted by molar-refractivity contribution is 0.100. The van der Waals surface area contributed by atoms with Crippen LogP contribution in [0.2, 0.25) is 0 Å². The van der Waals surface area contributed by atoms with Crippen molar-refractivity contribution in [2.24, 2.45) is 5.73 Å². The molecule has 1 amide bonds. The summed E-state index contributed by atoms with van der Waals surface area (Å²) in [6, 6.07) is 1.88. The third-order valence-corrected chi connectivity index (χ3v) is 2.04. The van der Waals surface area contributed by atoms with Gasteiger partial charge >= 0.3 is 0 Å². The van der Waals surface area contributed by atoms with Crippen molar-refractivity contribution in [3.63, 3.8) is 0 Å². The van der Waals surface area contributed by atoms with E-state index in [2.05, 4.69) is 9.97 Å². The first kappa shape index (κ1) is 7.79. The van der Waals surface area contributed by atoms with Crippen LogP contribution < -0.4 is 5.73 Å². The van der Waals surface area contributed by atoms with E-state index < -0.39 is 5.91 Å². The monoisotopic (exact) mass is 175 g/mol. The Labute approximate surface area is 74.8 Å². The van der Waals surface area contributed by atoms with E-state index in [-0.39, 0.29) is 0 Å². The van der Waals surface area contributed by atoms with Gasteiger partial charge in [-0.05, 0) is 18.6 Å². The highest BCUT2D eigenvalue weighted by Gasteiger charge is 2.10. The normalized spacial score (nSPS) is 10.5. The number of pyridine rings is 1. The van der Waals surface area contributed by atoms with Crippen molar-refractivity contribution in [1.29, 1.82) is 0 Å². The van der Waals surface area contributed by atoms with E-state index in [1.54, 1.807) is 12.4 Å². The van der Waals surface area contributed by atoms with Crippen LogP contribution in [-0.2, 0) is 0 Å². The Kier molecular flexibility index (Phi) is 1.55. The Morgan fingerprint density at radius 1 is 1.62 bits per heavy atom. The molecule has 0 aliphatic rings. The number of amides is 1. The summed E-state index contributed by atoms with van der Waals surface area (Å²) in [6.07, 6.45) is 3.25. The van der Waals surface area contributed by atoms with Gasteiger partial charge in [-0.2, -0.15) is 0 Å². The third-order valence-electron chi connectivity index (χ3n) is 2.04. The van der Waals surface area contributed by atoms with Crippen LogP contribution in [0.15, 0.2) is 18.5 Å². The van der Waals surface area contributed by atoms with Crippen molar-refractivity contribution < 1.29 is 4.79 Å². The quantitative estimate of drug-likeness (QED) is 0.677. The van der Waals surface area contributed by atoms with Crippen LogP contribution in [0, 0.1) is 6.92 Å². The average Bonchev–Trinajstić information content (AvgIpc) is 2.48. The molecular formula is C9H9N3O. The van der Waals surface area contributed by atoms with Crippen molar-refractivity contribution in [2.75, 3.05) is 0 Å². The average molecular weight is 175 g/mol. The Morgan fingerprint density at radius 2 is 2.38 bits per heavy atom. The first-order chi connectivity index (χ1) is 6.20. The molecule has 2 heterocycles. The SMILES string of the molecule is Cc1ccnc2c(C(N)=O)c[nH]c12. The van der Waals surface area contributed by atoms with Gasteiger partial charge in [0.2, 0.25) is 0 Å². The maximum atomic E-state index is 10.9. The molecule has 0 radical (unpaired) electrons. The molecule has 3 N–H and O–H groups in total. The number of fused-ring (bicyclic) bond motifs is 1. The second-order valence-electron chi connectivity index (χ2n) is 2.92. The largest absolute Gasteiger partial charge is 0.365 e. The molecule has 0 saturated heterocycles. The molecule has 2 aromatic heterocycles. The molecule has 0 unspecified atom stereocenters. The first-order valence-corrected chi connectivity index (χ1v) is 3.92. The summed E-state index contributed by atoms with van der Waals surface area (Å²) in [5.41, 5.74) is 8.19. The minimum absolute atomic E-state index is 0.443. The van der Waals surface area contributed by atoms with Gasteiger partial charge in [-0.25, -0.2) is 0 Å². The smallest absolute Gasteiger partial charge is 0.252 e. The lowest BCUT2D eigenvalue weighted by Gasteiger charge is -1.94. The van der Waals surface area contributed by atoms with Gasteiger partial charge in [-0.3, -0.25) is 9.78 Å². The van der Waals surface area contributed by atoms with Gasteiger partial charge in [-0.1, -0.05) is 0 Å². The van der Waals surface area contributed by atoms with Crippen LogP contribution in [0.3, 0.4) is 0 Å². The number of primary amides is 1. The number of carbonyl (C=O) groups is 1. The maximum absolute atomic E-state index is 10.9. The highest BCUT2D eigenvalue weighted by atomic mass is 16.1. The molecule has 0 fully saturated rings. The molecule has 0 aliphatic carbocycles.